The van der Waals surface area contributed by atoms with Crippen molar-refractivity contribution in [2.75, 3.05) is 6.54 Å². The Morgan fingerprint density at radius 1 is 1.30 bits per heavy atom. The normalized spacial score (nSPS) is 12.4. The first-order chi connectivity index (χ1) is 9.65. The Morgan fingerprint density at radius 3 is 2.75 bits per heavy atom. The molecule has 0 saturated heterocycles. The molecule has 0 radical (unpaired) electrons. The van der Waals surface area contributed by atoms with Crippen molar-refractivity contribution in [3.8, 4) is 0 Å². The largest absolute Gasteiger partial charge is 0.305 e. The van der Waals surface area contributed by atoms with Crippen LogP contribution in [0.15, 0.2) is 35.2 Å². The van der Waals surface area contributed by atoms with Crippen LogP contribution in [0.3, 0.4) is 0 Å². The minimum atomic E-state index is -0.666. The number of rotatable bonds is 5. The van der Waals surface area contributed by atoms with Crippen molar-refractivity contribution in [3.63, 3.8) is 0 Å². The van der Waals surface area contributed by atoms with Gasteiger partial charge in [-0.3, -0.25) is 9.97 Å². The summed E-state index contributed by atoms with van der Waals surface area (Å²) in [6.45, 7) is 2.60. The Balaban J connectivity index is 2.49. The van der Waals surface area contributed by atoms with Gasteiger partial charge in [-0.05, 0) is 41.0 Å². The van der Waals surface area contributed by atoms with Crippen molar-refractivity contribution < 1.29 is 8.78 Å². The van der Waals surface area contributed by atoms with Gasteiger partial charge in [0.05, 0.1) is 22.4 Å². The van der Waals surface area contributed by atoms with Crippen LogP contribution < -0.4 is 5.32 Å². The minimum Gasteiger partial charge on any atom is -0.305 e. The van der Waals surface area contributed by atoms with Gasteiger partial charge >= 0.3 is 0 Å². The molecule has 0 spiro atoms. The fourth-order valence-electron chi connectivity index (χ4n) is 1.91. The lowest BCUT2D eigenvalue weighted by Gasteiger charge is -2.19. The monoisotopic (exact) mass is 341 g/mol. The number of hydrogen-bond acceptors (Lipinski definition) is 3. The highest BCUT2D eigenvalue weighted by Gasteiger charge is 2.24. The smallest absolute Gasteiger partial charge is 0.145 e. The van der Waals surface area contributed by atoms with Gasteiger partial charge in [-0.25, -0.2) is 8.78 Å². The minimum absolute atomic E-state index is 0.0478. The molecule has 20 heavy (non-hydrogen) atoms. The maximum Gasteiger partial charge on any atom is 0.145 e. The third-order valence-corrected chi connectivity index (χ3v) is 3.46. The fraction of sp³-hybridized carbons (Fsp3) is 0.286. The van der Waals surface area contributed by atoms with Gasteiger partial charge in [0, 0.05) is 18.0 Å². The third kappa shape index (κ3) is 3.19. The molecule has 0 aliphatic rings. The summed E-state index contributed by atoms with van der Waals surface area (Å²) in [5.74, 6) is -1.23. The summed E-state index contributed by atoms with van der Waals surface area (Å²) >= 11 is 3.08. The highest BCUT2D eigenvalue weighted by molar-refractivity contribution is 9.10. The number of hydrogen-bond donors (Lipinski definition) is 1. The van der Waals surface area contributed by atoms with E-state index in [2.05, 4.69) is 31.2 Å². The summed E-state index contributed by atoms with van der Waals surface area (Å²) in [7, 11) is 0. The van der Waals surface area contributed by atoms with Crippen LogP contribution in [0.25, 0.3) is 0 Å². The van der Waals surface area contributed by atoms with Crippen LogP contribution in [0.1, 0.15) is 30.6 Å². The molecule has 0 fully saturated rings. The van der Waals surface area contributed by atoms with Gasteiger partial charge in [0.25, 0.3) is 0 Å². The van der Waals surface area contributed by atoms with E-state index < -0.39 is 17.7 Å². The molecular weight excluding hydrogens is 328 g/mol. The molecule has 106 valence electrons. The van der Waals surface area contributed by atoms with Gasteiger partial charge in [0.15, 0.2) is 0 Å². The molecule has 2 aromatic rings. The van der Waals surface area contributed by atoms with E-state index in [1.165, 1.54) is 30.7 Å². The summed E-state index contributed by atoms with van der Waals surface area (Å²) in [4.78, 5) is 8.11. The lowest BCUT2D eigenvalue weighted by atomic mass is 10.0. The Morgan fingerprint density at radius 2 is 2.10 bits per heavy atom. The summed E-state index contributed by atoms with van der Waals surface area (Å²) in [6.07, 6.45) is 5.37. The van der Waals surface area contributed by atoms with Gasteiger partial charge < -0.3 is 5.32 Å². The van der Waals surface area contributed by atoms with Crippen LogP contribution in [0.2, 0.25) is 0 Å². The molecule has 1 atom stereocenters. The molecule has 2 rings (SSSR count). The van der Waals surface area contributed by atoms with Crippen molar-refractivity contribution in [1.29, 1.82) is 0 Å². The maximum atomic E-state index is 14.3. The Labute approximate surface area is 124 Å². The van der Waals surface area contributed by atoms with Crippen LogP contribution >= 0.6 is 15.9 Å². The topological polar surface area (TPSA) is 37.8 Å². The lowest BCUT2D eigenvalue weighted by molar-refractivity contribution is 0.494. The molecule has 0 aliphatic carbocycles. The molecule has 1 unspecified atom stereocenters. The number of nitrogens with zero attached hydrogens (tertiary/aromatic N) is 2. The average Bonchev–Trinajstić information content (AvgIpc) is 2.47. The van der Waals surface area contributed by atoms with Gasteiger partial charge in [0.2, 0.25) is 0 Å². The third-order valence-electron chi connectivity index (χ3n) is 2.85. The van der Waals surface area contributed by atoms with Crippen LogP contribution in [0.4, 0.5) is 8.78 Å². The maximum absolute atomic E-state index is 14.3. The van der Waals surface area contributed by atoms with E-state index in [4.69, 9.17) is 0 Å². The number of benzene rings is 1. The number of halogens is 3. The molecule has 1 heterocycles. The molecule has 0 amide bonds. The molecule has 6 heteroatoms. The molecule has 0 bridgehead atoms. The van der Waals surface area contributed by atoms with E-state index in [1.54, 1.807) is 0 Å². The molecule has 0 aliphatic heterocycles. The van der Waals surface area contributed by atoms with Crippen molar-refractivity contribution in [2.24, 2.45) is 0 Å². The number of aromatic nitrogens is 2. The lowest BCUT2D eigenvalue weighted by Crippen LogP contribution is -2.26. The fourth-order valence-corrected chi connectivity index (χ4v) is 2.26. The molecule has 3 nitrogen and oxygen atoms in total. The zero-order valence-corrected chi connectivity index (χ0v) is 12.5. The number of nitrogens with one attached hydrogen (secondary N) is 1. The highest BCUT2D eigenvalue weighted by atomic mass is 79.9. The standard InChI is InChI=1S/C14H14BrF2N3/c1-2-5-20-14(11-8-18-6-7-19-11)12-10(16)4-3-9(15)13(12)17/h3-4,6-8,14,20H,2,5H2,1H3. The quantitative estimate of drug-likeness (QED) is 0.844. The Hall–Kier alpha value is -1.40. The van der Waals surface area contributed by atoms with Gasteiger partial charge in [0.1, 0.15) is 11.6 Å². The van der Waals surface area contributed by atoms with Gasteiger partial charge in [-0.15, -0.1) is 0 Å². The second kappa shape index (κ2) is 6.85. The summed E-state index contributed by atoms with van der Waals surface area (Å²) in [5, 5.41) is 3.11. The molecule has 1 aromatic heterocycles. The van der Waals surface area contributed by atoms with E-state index in [0.717, 1.165) is 6.42 Å². The SMILES string of the molecule is CCCNC(c1cnccn1)c1c(F)ccc(Br)c1F. The van der Waals surface area contributed by atoms with Crippen LogP contribution in [-0.2, 0) is 0 Å². The molecule has 0 saturated carbocycles. The predicted octanol–water partition coefficient (Wildman–Crippen LogP) is 3.61. The average molecular weight is 342 g/mol. The van der Waals surface area contributed by atoms with Crippen LogP contribution in [0, 0.1) is 11.6 Å². The van der Waals surface area contributed by atoms with E-state index >= 15 is 0 Å². The zero-order chi connectivity index (χ0) is 14.5. The summed E-state index contributed by atoms with van der Waals surface area (Å²) < 4.78 is 28.5. The summed E-state index contributed by atoms with van der Waals surface area (Å²) in [6, 6.07) is 1.92. The first-order valence-electron chi connectivity index (χ1n) is 6.27. The van der Waals surface area contributed by atoms with E-state index in [9.17, 15) is 8.78 Å². The van der Waals surface area contributed by atoms with E-state index in [1.807, 2.05) is 6.92 Å². The second-order valence-corrected chi connectivity index (χ2v) is 5.13. The first kappa shape index (κ1) is 15.0. The highest BCUT2D eigenvalue weighted by Crippen LogP contribution is 2.29. The van der Waals surface area contributed by atoms with Crippen molar-refractivity contribution in [3.05, 3.63) is 58.1 Å². The van der Waals surface area contributed by atoms with Gasteiger partial charge in [-0.1, -0.05) is 6.92 Å². The van der Waals surface area contributed by atoms with Crippen molar-refractivity contribution >= 4 is 15.9 Å². The zero-order valence-electron chi connectivity index (χ0n) is 10.9. The first-order valence-corrected chi connectivity index (χ1v) is 7.07. The summed E-state index contributed by atoms with van der Waals surface area (Å²) in [5.41, 5.74) is 0.435. The van der Waals surface area contributed by atoms with Crippen LogP contribution in [-0.4, -0.2) is 16.5 Å². The second-order valence-electron chi connectivity index (χ2n) is 4.27. The van der Waals surface area contributed by atoms with Crippen LogP contribution in [0.5, 0.6) is 0 Å². The molecular formula is C14H14BrF2N3. The van der Waals surface area contributed by atoms with E-state index in [0.29, 0.717) is 12.2 Å². The van der Waals surface area contributed by atoms with E-state index in [-0.39, 0.29) is 10.0 Å². The molecule has 1 N–H and O–H groups in total. The predicted molar refractivity (Wildman–Crippen MR) is 76.2 cm³/mol. The molecule has 1 aromatic carbocycles. The van der Waals surface area contributed by atoms with Crippen molar-refractivity contribution in [1.82, 2.24) is 15.3 Å². The van der Waals surface area contributed by atoms with Gasteiger partial charge in [-0.2, -0.15) is 0 Å². The van der Waals surface area contributed by atoms with Crippen molar-refractivity contribution in [2.45, 2.75) is 19.4 Å². The Kier molecular flexibility index (Phi) is 5.14. The Bertz CT molecular complexity index is 578.